The second kappa shape index (κ2) is 5.91. The van der Waals surface area contributed by atoms with E-state index in [1.165, 1.54) is 0 Å². The fraction of sp³-hybridized carbons (Fsp3) is 0.500. The van der Waals surface area contributed by atoms with Gasteiger partial charge in [-0.25, -0.2) is 4.98 Å². The molecular formula is C16H17BrN2O2S. The van der Waals surface area contributed by atoms with Crippen molar-refractivity contribution >= 4 is 48.5 Å². The molecule has 1 saturated heterocycles. The summed E-state index contributed by atoms with van der Waals surface area (Å²) >= 11 is 5.08. The summed E-state index contributed by atoms with van der Waals surface area (Å²) < 4.78 is 7.86. The molecule has 2 fully saturated rings. The Kier molecular flexibility index (Phi) is 3.92. The van der Waals surface area contributed by atoms with Gasteiger partial charge in [0.1, 0.15) is 0 Å². The van der Waals surface area contributed by atoms with Gasteiger partial charge in [0.05, 0.1) is 22.9 Å². The Balaban J connectivity index is 1.65. The summed E-state index contributed by atoms with van der Waals surface area (Å²) in [6.07, 6.45) is 4.30. The number of carbonyl (C=O) groups is 1. The van der Waals surface area contributed by atoms with Crippen LogP contribution in [0.5, 0.6) is 0 Å². The minimum atomic E-state index is 0.154. The summed E-state index contributed by atoms with van der Waals surface area (Å²) in [5.41, 5.74) is 0.948. The first-order valence-corrected chi connectivity index (χ1v) is 9.31. The van der Waals surface area contributed by atoms with Crippen LogP contribution in [0.3, 0.4) is 0 Å². The van der Waals surface area contributed by atoms with Crippen LogP contribution in [0.1, 0.15) is 25.7 Å². The average Bonchev–Trinajstić information content (AvgIpc) is 3.07. The molecule has 1 aliphatic heterocycles. The van der Waals surface area contributed by atoms with E-state index in [2.05, 4.69) is 27.0 Å². The number of aromatic nitrogens is 1. The van der Waals surface area contributed by atoms with Crippen LogP contribution >= 0.6 is 27.3 Å². The van der Waals surface area contributed by atoms with Crippen molar-refractivity contribution in [3.05, 3.63) is 22.7 Å². The van der Waals surface area contributed by atoms with E-state index in [0.717, 1.165) is 52.1 Å². The van der Waals surface area contributed by atoms with E-state index < -0.39 is 0 Å². The number of ether oxygens (including phenoxy) is 1. The molecule has 1 aromatic heterocycles. The van der Waals surface area contributed by atoms with Gasteiger partial charge in [0.15, 0.2) is 5.13 Å². The number of halogens is 1. The van der Waals surface area contributed by atoms with Crippen LogP contribution in [0.25, 0.3) is 10.2 Å². The zero-order valence-electron chi connectivity index (χ0n) is 12.1. The fourth-order valence-corrected chi connectivity index (χ4v) is 4.34. The number of rotatable bonds is 4. The first-order chi connectivity index (χ1) is 10.7. The van der Waals surface area contributed by atoms with Crippen molar-refractivity contribution in [3.8, 4) is 0 Å². The van der Waals surface area contributed by atoms with E-state index in [4.69, 9.17) is 4.74 Å². The van der Waals surface area contributed by atoms with Crippen LogP contribution in [-0.2, 0) is 9.53 Å². The Hall–Kier alpha value is -0.980. The Bertz CT molecular complexity index is 707. The minimum absolute atomic E-state index is 0.154. The van der Waals surface area contributed by atoms with Crippen molar-refractivity contribution in [2.75, 3.05) is 18.1 Å². The SMILES string of the molecule is O=C(C1CC1)N(CC1CCCO1)c1nc2ccc(Br)cc2s1. The van der Waals surface area contributed by atoms with Crippen LogP contribution in [0.2, 0.25) is 0 Å². The molecule has 0 radical (unpaired) electrons. The second-order valence-corrected chi connectivity index (χ2v) is 7.89. The number of carbonyl (C=O) groups excluding carboxylic acids is 1. The van der Waals surface area contributed by atoms with Crippen LogP contribution in [0.15, 0.2) is 22.7 Å². The fourth-order valence-electron chi connectivity index (χ4n) is 2.81. The maximum atomic E-state index is 12.7. The standard InChI is InChI=1S/C16H17BrN2O2S/c17-11-5-6-13-14(8-11)22-16(18-13)19(15(20)10-3-4-10)9-12-2-1-7-21-12/h5-6,8,10,12H,1-4,7,9H2. The zero-order valence-corrected chi connectivity index (χ0v) is 14.5. The van der Waals surface area contributed by atoms with E-state index in [-0.39, 0.29) is 17.9 Å². The number of hydrogen-bond donors (Lipinski definition) is 0. The van der Waals surface area contributed by atoms with Gasteiger partial charge in [-0.3, -0.25) is 9.69 Å². The molecule has 0 N–H and O–H groups in total. The molecule has 0 spiro atoms. The molecule has 4 rings (SSSR count). The monoisotopic (exact) mass is 380 g/mol. The molecule has 1 amide bonds. The molecule has 2 aromatic rings. The van der Waals surface area contributed by atoms with Crippen LogP contribution in [0, 0.1) is 5.92 Å². The highest BCUT2D eigenvalue weighted by atomic mass is 79.9. The van der Waals surface area contributed by atoms with Gasteiger partial charge >= 0.3 is 0 Å². The number of amides is 1. The maximum Gasteiger partial charge on any atom is 0.231 e. The second-order valence-electron chi connectivity index (χ2n) is 5.97. The molecule has 22 heavy (non-hydrogen) atoms. The van der Waals surface area contributed by atoms with Gasteiger partial charge < -0.3 is 4.74 Å². The summed E-state index contributed by atoms with van der Waals surface area (Å²) in [7, 11) is 0. The van der Waals surface area contributed by atoms with Crippen molar-refractivity contribution in [1.82, 2.24) is 4.98 Å². The quantitative estimate of drug-likeness (QED) is 0.805. The van der Waals surface area contributed by atoms with Gasteiger partial charge in [-0.15, -0.1) is 0 Å². The summed E-state index contributed by atoms with van der Waals surface area (Å²) in [4.78, 5) is 19.2. The predicted molar refractivity (Wildman–Crippen MR) is 91.4 cm³/mol. The third kappa shape index (κ3) is 2.92. The van der Waals surface area contributed by atoms with Crippen LogP contribution in [0.4, 0.5) is 5.13 Å². The zero-order chi connectivity index (χ0) is 15.1. The van der Waals surface area contributed by atoms with Crippen LogP contribution < -0.4 is 4.90 Å². The Morgan fingerprint density at radius 1 is 1.41 bits per heavy atom. The van der Waals surface area contributed by atoms with Crippen molar-refractivity contribution < 1.29 is 9.53 Å². The number of thiazole rings is 1. The number of nitrogens with zero attached hydrogens (tertiary/aromatic N) is 2. The molecule has 1 unspecified atom stereocenters. The van der Waals surface area contributed by atoms with E-state index >= 15 is 0 Å². The number of anilines is 1. The third-order valence-electron chi connectivity index (χ3n) is 4.17. The van der Waals surface area contributed by atoms with E-state index in [1.807, 2.05) is 17.0 Å². The average molecular weight is 381 g/mol. The van der Waals surface area contributed by atoms with Crippen LogP contribution in [-0.4, -0.2) is 30.1 Å². The van der Waals surface area contributed by atoms with Crippen molar-refractivity contribution in [1.29, 1.82) is 0 Å². The Morgan fingerprint density at radius 3 is 3.00 bits per heavy atom. The molecule has 2 heterocycles. The molecule has 1 aliphatic carbocycles. The summed E-state index contributed by atoms with van der Waals surface area (Å²) in [6.45, 7) is 1.44. The first kappa shape index (κ1) is 14.6. The van der Waals surface area contributed by atoms with E-state index in [0.29, 0.717) is 6.54 Å². The maximum absolute atomic E-state index is 12.7. The number of fused-ring (bicyclic) bond motifs is 1. The van der Waals surface area contributed by atoms with Crippen molar-refractivity contribution in [2.45, 2.75) is 31.8 Å². The third-order valence-corrected chi connectivity index (χ3v) is 5.71. The molecule has 2 aliphatic rings. The van der Waals surface area contributed by atoms with E-state index in [1.54, 1.807) is 11.3 Å². The lowest BCUT2D eigenvalue weighted by Crippen LogP contribution is -2.38. The first-order valence-electron chi connectivity index (χ1n) is 7.70. The molecular weight excluding hydrogens is 364 g/mol. The molecule has 1 atom stereocenters. The normalized spacial score (nSPS) is 21.4. The molecule has 116 valence electrons. The predicted octanol–water partition coefficient (Wildman–Crippen LogP) is 3.98. The highest BCUT2D eigenvalue weighted by Gasteiger charge is 2.36. The van der Waals surface area contributed by atoms with Crippen molar-refractivity contribution in [2.24, 2.45) is 5.92 Å². The summed E-state index contributed by atoms with van der Waals surface area (Å²) in [6, 6.07) is 6.03. The van der Waals surface area contributed by atoms with Gasteiger partial charge in [-0.1, -0.05) is 27.3 Å². The van der Waals surface area contributed by atoms with Gasteiger partial charge in [-0.2, -0.15) is 0 Å². The molecule has 1 aromatic carbocycles. The molecule has 4 nitrogen and oxygen atoms in total. The molecule has 1 saturated carbocycles. The highest BCUT2D eigenvalue weighted by molar-refractivity contribution is 9.10. The van der Waals surface area contributed by atoms with Gasteiger partial charge in [0.2, 0.25) is 5.91 Å². The Labute approximate surface area is 141 Å². The number of hydrogen-bond acceptors (Lipinski definition) is 4. The lowest BCUT2D eigenvalue weighted by Gasteiger charge is -2.22. The largest absolute Gasteiger partial charge is 0.376 e. The lowest BCUT2D eigenvalue weighted by atomic mass is 10.2. The van der Waals surface area contributed by atoms with Gasteiger partial charge in [-0.05, 0) is 43.9 Å². The smallest absolute Gasteiger partial charge is 0.231 e. The van der Waals surface area contributed by atoms with Crippen molar-refractivity contribution in [3.63, 3.8) is 0 Å². The minimum Gasteiger partial charge on any atom is -0.376 e. The van der Waals surface area contributed by atoms with E-state index in [9.17, 15) is 4.79 Å². The summed E-state index contributed by atoms with van der Waals surface area (Å²) in [5, 5.41) is 0.806. The molecule has 6 heteroatoms. The topological polar surface area (TPSA) is 42.4 Å². The Morgan fingerprint density at radius 2 is 2.27 bits per heavy atom. The highest BCUT2D eigenvalue weighted by Crippen LogP contribution is 2.36. The van der Waals surface area contributed by atoms with Gasteiger partial charge in [0, 0.05) is 17.0 Å². The molecule has 0 bridgehead atoms. The lowest BCUT2D eigenvalue weighted by molar-refractivity contribution is -0.120. The van der Waals surface area contributed by atoms with Gasteiger partial charge in [0.25, 0.3) is 0 Å². The number of benzene rings is 1. The summed E-state index contributed by atoms with van der Waals surface area (Å²) in [5.74, 6) is 0.411.